The van der Waals surface area contributed by atoms with Gasteiger partial charge in [-0.25, -0.2) is 0 Å². The Hall–Kier alpha value is -1.65. The average Bonchev–Trinajstić information content (AvgIpc) is 2.64. The first kappa shape index (κ1) is 23.4. The molecule has 0 aromatic heterocycles. The van der Waals surface area contributed by atoms with Crippen LogP contribution in [0.3, 0.4) is 0 Å². The van der Waals surface area contributed by atoms with Gasteiger partial charge in [-0.05, 0) is 36.4 Å². The van der Waals surface area contributed by atoms with Crippen LogP contribution in [0.5, 0.6) is 17.2 Å². The van der Waals surface area contributed by atoms with E-state index in [9.17, 15) is 4.57 Å². The van der Waals surface area contributed by atoms with Crippen molar-refractivity contribution in [3.63, 3.8) is 0 Å². The van der Waals surface area contributed by atoms with E-state index in [0.717, 1.165) is 0 Å². The molecule has 0 saturated carbocycles. The molecule has 144 valence electrons. The molecule has 3 aromatic rings. The number of hydrogen-bond acceptors (Lipinski definition) is 5. The third-order valence-electron chi connectivity index (χ3n) is 2.88. The van der Waals surface area contributed by atoms with Gasteiger partial charge in [0.15, 0.2) is 0 Å². The topological polar surface area (TPSA) is 54.0 Å². The van der Waals surface area contributed by atoms with E-state index in [0.29, 0.717) is 17.2 Å². The van der Waals surface area contributed by atoms with Gasteiger partial charge in [-0.1, -0.05) is 54.6 Å². The molecule has 0 amide bonds. The van der Waals surface area contributed by atoms with Gasteiger partial charge >= 0.3 is 24.9 Å². The van der Waals surface area contributed by atoms with Crippen LogP contribution in [0, 0.1) is 0 Å². The van der Waals surface area contributed by atoms with Crippen molar-refractivity contribution in [2.45, 2.75) is 0 Å². The van der Waals surface area contributed by atoms with E-state index in [2.05, 4.69) is 27.6 Å². The van der Waals surface area contributed by atoms with Crippen LogP contribution in [0.1, 0.15) is 0 Å². The molecule has 0 atom stereocenters. The van der Waals surface area contributed by atoms with E-state index in [1.165, 1.54) is 0 Å². The Morgan fingerprint density at radius 1 is 0.556 bits per heavy atom. The third kappa shape index (κ3) is 8.72. The fourth-order valence-corrected chi connectivity index (χ4v) is 3.14. The van der Waals surface area contributed by atoms with Crippen LogP contribution in [0.4, 0.5) is 0 Å². The number of rotatable bonds is 6. The summed E-state index contributed by atoms with van der Waals surface area (Å²) in [5.74, 6) is 1.22. The molecule has 3 aromatic carbocycles. The van der Waals surface area contributed by atoms with Crippen molar-refractivity contribution in [2.24, 2.45) is 0 Å². The SMILES string of the molecule is ClOCl.O=P(Oc1ccccc1)(Oc1ccccc1)Oc1ccccc1.[SeH2]. The summed E-state index contributed by atoms with van der Waals surface area (Å²) in [6, 6.07) is 26.4. The molecule has 0 aliphatic rings. The molecule has 0 unspecified atom stereocenters. The maximum atomic E-state index is 13.1. The van der Waals surface area contributed by atoms with Gasteiger partial charge in [0, 0.05) is 0 Å². The second kappa shape index (κ2) is 12.7. The molecule has 0 heterocycles. The van der Waals surface area contributed by atoms with Crippen molar-refractivity contribution in [3.05, 3.63) is 91.0 Å². The van der Waals surface area contributed by atoms with E-state index in [1.54, 1.807) is 72.8 Å². The van der Waals surface area contributed by atoms with E-state index >= 15 is 0 Å². The molecule has 0 spiro atoms. The quantitative estimate of drug-likeness (QED) is 0.324. The van der Waals surface area contributed by atoms with Gasteiger partial charge in [0.05, 0.1) is 23.7 Å². The fourth-order valence-electron chi connectivity index (χ4n) is 1.89. The van der Waals surface area contributed by atoms with Gasteiger partial charge in [-0.15, -0.1) is 0 Å². The first-order chi connectivity index (χ1) is 12.6. The summed E-state index contributed by atoms with van der Waals surface area (Å²) in [7, 11) is -3.89. The molecule has 9 heteroatoms. The first-order valence-corrected chi connectivity index (χ1v) is 9.46. The predicted octanol–water partition coefficient (Wildman–Crippen LogP) is 5.73. The zero-order chi connectivity index (χ0) is 18.7. The molecule has 0 aliphatic heterocycles. The van der Waals surface area contributed by atoms with Gasteiger partial charge < -0.3 is 13.6 Å². The molecule has 0 radical (unpaired) electrons. The van der Waals surface area contributed by atoms with Gasteiger partial charge in [-0.3, -0.25) is 0 Å². The minimum atomic E-state index is -3.89. The van der Waals surface area contributed by atoms with E-state index < -0.39 is 7.82 Å². The van der Waals surface area contributed by atoms with Crippen LogP contribution in [0.15, 0.2) is 91.0 Å². The Morgan fingerprint density at radius 2 is 0.778 bits per heavy atom. The Kier molecular flexibility index (Phi) is 11.0. The molecule has 0 N–H and O–H groups in total. The normalized spacial score (nSPS) is 9.85. The number of phosphoric acid groups is 1. The standard InChI is InChI=1S/C18H15O4P.Cl2O.H2Se/c19-23(20-16-10-4-1-5-11-16,21-17-12-6-2-7-13-17)22-18-14-8-3-9-15-18;1-3-2;/h1-15H;;1H2. The monoisotopic (exact) mass is 494 g/mol. The van der Waals surface area contributed by atoms with Crippen LogP contribution in [0.2, 0.25) is 0 Å². The molecule has 0 fully saturated rings. The van der Waals surface area contributed by atoms with Crippen LogP contribution in [0.25, 0.3) is 0 Å². The summed E-state index contributed by atoms with van der Waals surface area (Å²) in [6.07, 6.45) is 0. The van der Waals surface area contributed by atoms with Crippen molar-refractivity contribution in [1.29, 1.82) is 0 Å². The van der Waals surface area contributed by atoms with E-state index in [4.69, 9.17) is 13.6 Å². The number of phosphoric ester groups is 1. The van der Waals surface area contributed by atoms with E-state index in [1.807, 2.05) is 18.2 Å². The molecule has 0 saturated heterocycles. The van der Waals surface area contributed by atoms with Crippen molar-refractivity contribution in [3.8, 4) is 17.2 Å². The predicted molar refractivity (Wildman–Crippen MR) is 110 cm³/mol. The molecule has 0 bridgehead atoms. The van der Waals surface area contributed by atoms with Crippen LogP contribution >= 0.6 is 31.6 Å². The molecular formula is C18H17Cl2O5PSe. The van der Waals surface area contributed by atoms with Gasteiger partial charge in [0.1, 0.15) is 17.2 Å². The van der Waals surface area contributed by atoms with Crippen molar-refractivity contribution < 1.29 is 22.0 Å². The summed E-state index contributed by atoms with van der Waals surface area (Å²) in [5.41, 5.74) is 0. The Morgan fingerprint density at radius 3 is 1.00 bits per heavy atom. The van der Waals surface area contributed by atoms with Crippen molar-refractivity contribution in [2.75, 3.05) is 0 Å². The molecule has 5 nitrogen and oxygen atoms in total. The fraction of sp³-hybridized carbons (Fsp3) is 0. The minimum absolute atomic E-state index is 0. The Labute approximate surface area is 178 Å². The average molecular weight is 494 g/mol. The summed E-state index contributed by atoms with van der Waals surface area (Å²) in [4.78, 5) is 0. The number of benzene rings is 3. The third-order valence-corrected chi connectivity index (χ3v) is 4.18. The number of halogens is 2. The summed E-state index contributed by atoms with van der Waals surface area (Å²) < 4.78 is 32.8. The van der Waals surface area contributed by atoms with Gasteiger partial charge in [0.25, 0.3) is 0 Å². The van der Waals surface area contributed by atoms with E-state index in [-0.39, 0.29) is 17.1 Å². The van der Waals surface area contributed by atoms with Crippen molar-refractivity contribution >= 4 is 48.6 Å². The molecular weight excluding hydrogens is 477 g/mol. The summed E-state index contributed by atoms with van der Waals surface area (Å²) in [5, 5.41) is 0. The van der Waals surface area contributed by atoms with Gasteiger partial charge in [0.2, 0.25) is 0 Å². The van der Waals surface area contributed by atoms with Crippen LogP contribution in [-0.4, -0.2) is 17.1 Å². The second-order valence-electron chi connectivity index (χ2n) is 4.72. The zero-order valence-corrected chi connectivity index (χ0v) is 18.4. The first-order valence-electron chi connectivity index (χ1n) is 7.38. The Balaban J connectivity index is 0.000000855. The van der Waals surface area contributed by atoms with Crippen LogP contribution in [-0.2, 0) is 8.41 Å². The second-order valence-corrected chi connectivity index (χ2v) is 6.63. The van der Waals surface area contributed by atoms with Gasteiger partial charge in [-0.2, -0.15) is 8.41 Å². The zero-order valence-electron chi connectivity index (χ0n) is 13.9. The summed E-state index contributed by atoms with van der Waals surface area (Å²) in [6.45, 7) is 0. The number of hydrogen-bond donors (Lipinski definition) is 0. The van der Waals surface area contributed by atoms with Crippen molar-refractivity contribution in [1.82, 2.24) is 0 Å². The maximum absolute atomic E-state index is 13.1. The Bertz CT molecular complexity index is 702. The molecule has 0 aliphatic carbocycles. The molecule has 27 heavy (non-hydrogen) atoms. The number of para-hydroxylation sites is 3. The molecule has 3 rings (SSSR count). The summed E-state index contributed by atoms with van der Waals surface area (Å²) >= 11 is 8.53. The van der Waals surface area contributed by atoms with Crippen LogP contribution < -0.4 is 13.6 Å².